The monoisotopic (exact) mass is 281 g/mol. The summed E-state index contributed by atoms with van der Waals surface area (Å²) in [6.07, 6.45) is 4.30. The smallest absolute Gasteiger partial charge is 0.291 e. The Morgan fingerprint density at radius 2 is 2.05 bits per heavy atom. The van der Waals surface area contributed by atoms with Crippen molar-refractivity contribution in [3.05, 3.63) is 0 Å². The van der Waals surface area contributed by atoms with Crippen LogP contribution in [-0.2, 0) is 0 Å². The van der Waals surface area contributed by atoms with Crippen LogP contribution in [0, 0.1) is 11.8 Å². The van der Waals surface area contributed by atoms with E-state index < -0.39 is 0 Å². The molecule has 104 valence electrons. The van der Waals surface area contributed by atoms with Crippen molar-refractivity contribution in [2.45, 2.75) is 38.4 Å². The first-order valence-corrected chi connectivity index (χ1v) is 7.91. The summed E-state index contributed by atoms with van der Waals surface area (Å²) in [7, 11) is 0. The maximum atomic E-state index is 6.05. The maximum absolute atomic E-state index is 6.05. The summed E-state index contributed by atoms with van der Waals surface area (Å²) in [4.78, 5) is 2.46. The van der Waals surface area contributed by atoms with Crippen LogP contribution in [0.1, 0.15) is 26.2 Å². The molecule has 0 N–H and O–H groups in total. The first-order chi connectivity index (χ1) is 9.29. The zero-order valence-corrected chi connectivity index (χ0v) is 11.9. The highest BCUT2D eigenvalue weighted by Gasteiger charge is 2.40. The van der Waals surface area contributed by atoms with E-state index in [0.717, 1.165) is 6.54 Å². The Morgan fingerprint density at radius 1 is 1.21 bits per heavy atom. The number of hydrogen-bond donors (Lipinski definition) is 0. The molecule has 4 atom stereocenters. The third kappa shape index (κ3) is 2.31. The number of piperidine rings is 1. The van der Waals surface area contributed by atoms with E-state index in [-0.39, 0.29) is 12.2 Å². The molecule has 0 amide bonds. The van der Waals surface area contributed by atoms with Gasteiger partial charge >= 0.3 is 0 Å². The van der Waals surface area contributed by atoms with Gasteiger partial charge in [-0.25, -0.2) is 0 Å². The fraction of sp³-hybridized carbons (Fsp3) is 0.846. The molecule has 3 heterocycles. The quantitative estimate of drug-likeness (QED) is 0.823. The summed E-state index contributed by atoms with van der Waals surface area (Å²) in [6.45, 7) is 5.54. The minimum Gasteiger partial charge on any atom is -0.470 e. The van der Waals surface area contributed by atoms with Crippen molar-refractivity contribution in [3.63, 3.8) is 0 Å². The molecule has 2 bridgehead atoms. The van der Waals surface area contributed by atoms with Crippen molar-refractivity contribution >= 4 is 11.7 Å². The maximum Gasteiger partial charge on any atom is 0.291 e. The van der Waals surface area contributed by atoms with Crippen LogP contribution < -0.4 is 9.47 Å². The van der Waals surface area contributed by atoms with Gasteiger partial charge in [0.05, 0.1) is 11.7 Å². The second kappa shape index (κ2) is 4.59. The molecule has 1 aromatic rings. The Hall–Kier alpha value is -0.880. The van der Waals surface area contributed by atoms with E-state index in [4.69, 9.17) is 9.47 Å². The molecule has 1 aliphatic carbocycles. The van der Waals surface area contributed by atoms with E-state index in [9.17, 15) is 0 Å². The summed E-state index contributed by atoms with van der Waals surface area (Å²) < 4.78 is 20.5. The van der Waals surface area contributed by atoms with Crippen molar-refractivity contribution in [1.82, 2.24) is 13.6 Å². The van der Waals surface area contributed by atoms with Crippen LogP contribution in [0.3, 0.4) is 0 Å². The van der Waals surface area contributed by atoms with Gasteiger partial charge in [0.1, 0.15) is 12.2 Å². The van der Waals surface area contributed by atoms with Gasteiger partial charge < -0.3 is 9.47 Å². The van der Waals surface area contributed by atoms with Gasteiger partial charge in [-0.15, -0.1) is 8.75 Å². The number of ether oxygens (including phenoxy) is 2. The van der Waals surface area contributed by atoms with Gasteiger partial charge in [0.2, 0.25) is 0 Å². The minimum absolute atomic E-state index is 0.232. The van der Waals surface area contributed by atoms with Gasteiger partial charge in [-0.1, -0.05) is 0 Å². The van der Waals surface area contributed by atoms with Gasteiger partial charge in [0.15, 0.2) is 0 Å². The molecule has 0 spiro atoms. The number of nitrogens with zero attached hydrogens (tertiary/aromatic N) is 3. The molecule has 2 aliphatic heterocycles. The predicted molar refractivity (Wildman–Crippen MR) is 71.7 cm³/mol. The first kappa shape index (κ1) is 11.9. The molecular weight excluding hydrogens is 262 g/mol. The largest absolute Gasteiger partial charge is 0.470 e. The summed E-state index contributed by atoms with van der Waals surface area (Å²) in [5.41, 5.74) is 0. The van der Waals surface area contributed by atoms with E-state index in [1.807, 2.05) is 0 Å². The fourth-order valence-corrected chi connectivity index (χ4v) is 3.60. The van der Waals surface area contributed by atoms with E-state index >= 15 is 0 Å². The van der Waals surface area contributed by atoms with E-state index in [1.54, 1.807) is 0 Å². The first-order valence-electron chi connectivity index (χ1n) is 7.18. The van der Waals surface area contributed by atoms with E-state index in [0.29, 0.717) is 23.6 Å². The van der Waals surface area contributed by atoms with Crippen LogP contribution in [0.4, 0.5) is 0 Å². The zero-order valence-electron chi connectivity index (χ0n) is 11.1. The highest BCUT2D eigenvalue weighted by Crippen LogP contribution is 2.37. The zero-order chi connectivity index (χ0) is 12.8. The number of hydrogen-bond acceptors (Lipinski definition) is 6. The normalized spacial score (nSPS) is 34.5. The van der Waals surface area contributed by atoms with Crippen LogP contribution in [0.25, 0.3) is 0 Å². The van der Waals surface area contributed by atoms with Gasteiger partial charge in [0, 0.05) is 19.0 Å². The molecule has 2 saturated heterocycles. The molecule has 4 rings (SSSR count). The van der Waals surface area contributed by atoms with Crippen molar-refractivity contribution in [2.24, 2.45) is 11.8 Å². The second-order valence-electron chi connectivity index (χ2n) is 6.00. The minimum atomic E-state index is 0.232. The van der Waals surface area contributed by atoms with Crippen molar-refractivity contribution in [1.29, 1.82) is 0 Å². The van der Waals surface area contributed by atoms with Crippen molar-refractivity contribution in [3.8, 4) is 11.8 Å². The number of aromatic nitrogens is 2. The van der Waals surface area contributed by atoms with Crippen LogP contribution in [-0.4, -0.2) is 45.5 Å². The molecule has 0 radical (unpaired) electrons. The molecular formula is C13H19N3O2S. The average molecular weight is 281 g/mol. The summed E-state index contributed by atoms with van der Waals surface area (Å²) in [5, 5.41) is 0. The topological polar surface area (TPSA) is 47.5 Å². The lowest BCUT2D eigenvalue weighted by Gasteiger charge is -2.22. The van der Waals surface area contributed by atoms with Crippen molar-refractivity contribution in [2.75, 3.05) is 19.6 Å². The highest BCUT2D eigenvalue weighted by molar-refractivity contribution is 6.99. The Bertz CT molecular complexity index is 462. The number of rotatable bonds is 5. The molecule has 6 heteroatoms. The lowest BCUT2D eigenvalue weighted by Crippen LogP contribution is -2.32. The lowest BCUT2D eigenvalue weighted by molar-refractivity contribution is 0.120. The third-order valence-electron chi connectivity index (χ3n) is 4.55. The standard InChI is InChI=1S/C13H19N3O2S/c1-8(9-2-3-9)17-12-13(15-19-14-12)18-11-7-16-5-4-10(11)6-16/h8-11H,2-7H2,1H3. The highest BCUT2D eigenvalue weighted by atomic mass is 32.1. The van der Waals surface area contributed by atoms with Crippen LogP contribution in [0.5, 0.6) is 11.8 Å². The Balaban J connectivity index is 1.42. The van der Waals surface area contributed by atoms with Gasteiger partial charge in [-0.3, -0.25) is 4.90 Å². The Morgan fingerprint density at radius 3 is 2.74 bits per heavy atom. The molecule has 4 unspecified atom stereocenters. The van der Waals surface area contributed by atoms with E-state index in [2.05, 4.69) is 20.6 Å². The molecule has 0 aromatic carbocycles. The molecule has 3 aliphatic rings. The van der Waals surface area contributed by atoms with Gasteiger partial charge in [0.25, 0.3) is 11.8 Å². The summed E-state index contributed by atoms with van der Waals surface area (Å²) in [5.74, 6) is 2.57. The Kier molecular flexibility index (Phi) is 2.88. The van der Waals surface area contributed by atoms with E-state index in [1.165, 1.54) is 44.1 Å². The molecule has 5 nitrogen and oxygen atoms in total. The average Bonchev–Trinajstić information content (AvgIpc) is 2.84. The molecule has 1 aromatic heterocycles. The van der Waals surface area contributed by atoms with Crippen LogP contribution in [0.2, 0.25) is 0 Å². The Labute approximate surface area is 117 Å². The number of fused-ring (bicyclic) bond motifs is 2. The van der Waals surface area contributed by atoms with Gasteiger partial charge in [-0.05, 0) is 38.6 Å². The molecule has 19 heavy (non-hydrogen) atoms. The lowest BCUT2D eigenvalue weighted by atomic mass is 10.0. The van der Waals surface area contributed by atoms with Crippen molar-refractivity contribution < 1.29 is 9.47 Å². The second-order valence-corrected chi connectivity index (χ2v) is 6.53. The fourth-order valence-electron chi connectivity index (χ4n) is 3.17. The third-order valence-corrected chi connectivity index (χ3v) is 5.04. The van der Waals surface area contributed by atoms with Crippen LogP contribution >= 0.6 is 11.7 Å². The van der Waals surface area contributed by atoms with Gasteiger partial charge in [-0.2, -0.15) is 0 Å². The molecule has 1 saturated carbocycles. The van der Waals surface area contributed by atoms with Crippen LogP contribution in [0.15, 0.2) is 0 Å². The SMILES string of the molecule is CC(Oc1nsnc1OC1CN2CCC1C2)C1CC1. The predicted octanol–water partition coefficient (Wildman–Crippen LogP) is 1.80. The molecule has 3 fully saturated rings. The summed E-state index contributed by atoms with van der Waals surface area (Å²) >= 11 is 1.18. The summed E-state index contributed by atoms with van der Waals surface area (Å²) in [6, 6.07) is 0.